The number of fused-ring (bicyclic) bond motifs is 2. The van der Waals surface area contributed by atoms with Gasteiger partial charge in [-0.1, -0.05) is 43.0 Å². The van der Waals surface area contributed by atoms with Gasteiger partial charge in [-0.05, 0) is 61.3 Å². The number of nitrogens with zero attached hydrogens (tertiary/aromatic N) is 6. The number of carbonyl (C=O) groups excluding carboxylic acids is 1. The lowest BCUT2D eigenvalue weighted by atomic mass is 9.92. The quantitative estimate of drug-likeness (QED) is 0.390. The highest BCUT2D eigenvalue weighted by atomic mass is 16.5. The van der Waals surface area contributed by atoms with E-state index >= 15 is 0 Å². The van der Waals surface area contributed by atoms with E-state index in [9.17, 15) is 10.1 Å². The average molecular weight is 567 g/mol. The number of hydrogen-bond donors (Lipinski definition) is 0. The minimum atomic E-state index is -0.257. The van der Waals surface area contributed by atoms with Gasteiger partial charge in [-0.2, -0.15) is 15.2 Å². The van der Waals surface area contributed by atoms with Crippen LogP contribution in [0.2, 0.25) is 0 Å². The first-order valence-electron chi connectivity index (χ1n) is 14.8. The van der Waals surface area contributed by atoms with E-state index < -0.39 is 0 Å². The molecule has 218 valence electrons. The van der Waals surface area contributed by atoms with Gasteiger partial charge in [0.25, 0.3) is 0 Å². The second-order valence-corrected chi connectivity index (χ2v) is 11.6. The number of aromatic nitrogens is 2. The smallest absolute Gasteiger partial charge is 0.318 e. The number of rotatable bonds is 7. The summed E-state index contributed by atoms with van der Waals surface area (Å²) in [6.07, 6.45) is 4.28. The van der Waals surface area contributed by atoms with Crippen molar-refractivity contribution in [3.8, 4) is 12.1 Å². The van der Waals surface area contributed by atoms with Gasteiger partial charge >= 0.3 is 6.01 Å². The standard InChI is InChI=1S/C33H38N6O3/c1-4-30(40)39-17-16-38(19-24(39)13-14-34)32-27-21-41-29(26-12-6-10-23-9-5-8-22(2)31(23)26)18-28(27)35-33(36-32)42-20-25-11-7-15-37(25)3/h4-6,8-10,12,24-25,29H,1,7,11,13,15-21H2,2-3H3/t24-,25-,29+/m0/s1. The molecule has 0 radical (unpaired) electrons. The van der Waals surface area contributed by atoms with Crippen molar-refractivity contribution < 1.29 is 14.3 Å². The fourth-order valence-electron chi connectivity index (χ4n) is 6.68. The molecule has 6 rings (SSSR count). The van der Waals surface area contributed by atoms with Gasteiger partial charge in [0, 0.05) is 37.7 Å². The Bertz CT molecular complexity index is 1530. The Morgan fingerprint density at radius 2 is 2.02 bits per heavy atom. The normalized spacial score (nSPS) is 22.5. The minimum Gasteiger partial charge on any atom is -0.462 e. The minimum absolute atomic E-state index is 0.146. The molecular formula is C33H38N6O3. The number of amides is 1. The average Bonchev–Trinajstić information content (AvgIpc) is 3.43. The molecule has 1 aromatic heterocycles. The maximum atomic E-state index is 12.5. The lowest BCUT2D eigenvalue weighted by Crippen LogP contribution is -2.55. The van der Waals surface area contributed by atoms with Gasteiger partial charge in [0.2, 0.25) is 5.91 Å². The zero-order chi connectivity index (χ0) is 29.2. The molecular weight excluding hydrogens is 528 g/mol. The number of benzene rings is 2. The van der Waals surface area contributed by atoms with Crippen LogP contribution in [0.15, 0.2) is 49.1 Å². The monoisotopic (exact) mass is 566 g/mol. The molecule has 0 N–H and O–H groups in total. The van der Waals surface area contributed by atoms with Gasteiger partial charge in [-0.25, -0.2) is 0 Å². The molecule has 2 aromatic carbocycles. The lowest BCUT2D eigenvalue weighted by molar-refractivity contribution is -0.128. The Kier molecular flexibility index (Phi) is 8.09. The predicted molar refractivity (Wildman–Crippen MR) is 161 cm³/mol. The first-order valence-corrected chi connectivity index (χ1v) is 14.8. The van der Waals surface area contributed by atoms with Crippen LogP contribution in [0.3, 0.4) is 0 Å². The van der Waals surface area contributed by atoms with Crippen LogP contribution in [0, 0.1) is 18.3 Å². The van der Waals surface area contributed by atoms with E-state index in [2.05, 4.69) is 72.8 Å². The molecule has 2 fully saturated rings. The van der Waals surface area contributed by atoms with Crippen molar-refractivity contribution in [3.63, 3.8) is 0 Å². The molecule has 0 saturated carbocycles. The third kappa shape index (κ3) is 5.44. The van der Waals surface area contributed by atoms with Gasteiger partial charge in [0.1, 0.15) is 12.4 Å². The molecule has 4 heterocycles. The summed E-state index contributed by atoms with van der Waals surface area (Å²) in [7, 11) is 2.13. The number of nitriles is 1. The summed E-state index contributed by atoms with van der Waals surface area (Å²) in [4.78, 5) is 28.6. The van der Waals surface area contributed by atoms with Crippen molar-refractivity contribution in [1.29, 1.82) is 5.26 Å². The number of hydrogen-bond acceptors (Lipinski definition) is 8. The molecule has 3 aromatic rings. The van der Waals surface area contributed by atoms with Gasteiger partial charge in [-0.15, -0.1) is 0 Å². The highest BCUT2D eigenvalue weighted by Crippen LogP contribution is 2.38. The van der Waals surface area contributed by atoms with E-state index in [1.165, 1.54) is 22.4 Å². The number of likely N-dealkylation sites (N-methyl/N-ethyl adjacent to an activating group) is 1. The van der Waals surface area contributed by atoms with Crippen LogP contribution in [0.1, 0.15) is 47.8 Å². The summed E-state index contributed by atoms with van der Waals surface area (Å²) in [5.74, 6) is 0.622. The van der Waals surface area contributed by atoms with Gasteiger partial charge in [0.15, 0.2) is 0 Å². The summed E-state index contributed by atoms with van der Waals surface area (Å²) >= 11 is 0. The third-order valence-electron chi connectivity index (χ3n) is 8.99. The van der Waals surface area contributed by atoms with E-state index in [0.29, 0.717) is 51.3 Å². The van der Waals surface area contributed by atoms with E-state index in [4.69, 9.17) is 19.4 Å². The van der Waals surface area contributed by atoms with Crippen molar-refractivity contribution in [2.45, 2.75) is 57.4 Å². The number of aryl methyl sites for hydroxylation is 1. The maximum Gasteiger partial charge on any atom is 0.318 e. The fourth-order valence-corrected chi connectivity index (χ4v) is 6.68. The second kappa shape index (κ2) is 12.1. The summed E-state index contributed by atoms with van der Waals surface area (Å²) < 4.78 is 12.8. The largest absolute Gasteiger partial charge is 0.462 e. The summed E-state index contributed by atoms with van der Waals surface area (Å²) in [5.41, 5.74) is 4.27. The number of ether oxygens (including phenoxy) is 2. The van der Waals surface area contributed by atoms with E-state index in [-0.39, 0.29) is 24.5 Å². The molecule has 42 heavy (non-hydrogen) atoms. The van der Waals surface area contributed by atoms with Crippen LogP contribution in [0.25, 0.3) is 10.8 Å². The van der Waals surface area contributed by atoms with Crippen LogP contribution in [0.5, 0.6) is 6.01 Å². The predicted octanol–water partition coefficient (Wildman–Crippen LogP) is 4.34. The molecule has 2 saturated heterocycles. The fraction of sp³-hybridized carbons (Fsp3) is 0.455. The molecule has 0 spiro atoms. The molecule has 3 aliphatic rings. The Labute approximate surface area is 247 Å². The van der Waals surface area contributed by atoms with Crippen molar-refractivity contribution >= 4 is 22.5 Å². The topological polar surface area (TPSA) is 94.8 Å². The van der Waals surface area contributed by atoms with Crippen LogP contribution in [0.4, 0.5) is 5.82 Å². The Balaban J connectivity index is 1.34. The Morgan fingerprint density at radius 3 is 2.79 bits per heavy atom. The third-order valence-corrected chi connectivity index (χ3v) is 8.99. The van der Waals surface area contributed by atoms with E-state index in [1.54, 1.807) is 4.90 Å². The molecule has 0 unspecified atom stereocenters. The second-order valence-electron chi connectivity index (χ2n) is 11.6. The van der Waals surface area contributed by atoms with Crippen molar-refractivity contribution in [2.75, 3.05) is 44.7 Å². The first kappa shape index (κ1) is 28.1. The van der Waals surface area contributed by atoms with E-state index in [1.807, 2.05) is 0 Å². The zero-order valence-corrected chi connectivity index (χ0v) is 24.5. The summed E-state index contributed by atoms with van der Waals surface area (Å²) in [6.45, 7) is 9.33. The van der Waals surface area contributed by atoms with Crippen LogP contribution >= 0.6 is 0 Å². The molecule has 9 nitrogen and oxygen atoms in total. The van der Waals surface area contributed by atoms with Crippen molar-refractivity contribution in [1.82, 2.24) is 19.8 Å². The Hall–Kier alpha value is -4.00. The molecule has 0 bridgehead atoms. The van der Waals surface area contributed by atoms with Gasteiger partial charge in [-0.3, -0.25) is 4.79 Å². The number of carbonyl (C=O) groups is 1. The molecule has 9 heteroatoms. The zero-order valence-electron chi connectivity index (χ0n) is 24.5. The van der Waals surface area contributed by atoms with Crippen LogP contribution in [-0.4, -0.2) is 77.6 Å². The number of likely N-dealkylation sites (tertiary alicyclic amines) is 1. The SMILES string of the molecule is C=CC(=O)N1CCN(c2nc(OC[C@@H]3CCCN3C)nc3c2CO[C@@H](c2cccc4cccc(C)c24)C3)C[C@@H]1CC#N. The molecule has 3 aliphatic heterocycles. The molecule has 0 aliphatic carbocycles. The van der Waals surface area contributed by atoms with Crippen molar-refractivity contribution in [3.05, 3.63) is 71.4 Å². The lowest BCUT2D eigenvalue weighted by Gasteiger charge is -2.42. The van der Waals surface area contributed by atoms with Gasteiger partial charge < -0.3 is 24.2 Å². The van der Waals surface area contributed by atoms with Crippen LogP contribution in [-0.2, 0) is 22.6 Å². The number of anilines is 1. The first-order chi connectivity index (χ1) is 20.5. The molecule has 1 amide bonds. The highest BCUT2D eigenvalue weighted by Gasteiger charge is 2.34. The Morgan fingerprint density at radius 1 is 1.19 bits per heavy atom. The van der Waals surface area contributed by atoms with E-state index in [0.717, 1.165) is 42.0 Å². The van der Waals surface area contributed by atoms with Gasteiger partial charge in [0.05, 0.1) is 36.9 Å². The summed E-state index contributed by atoms with van der Waals surface area (Å²) in [5, 5.41) is 11.9. The highest BCUT2D eigenvalue weighted by molar-refractivity contribution is 5.89. The summed E-state index contributed by atoms with van der Waals surface area (Å²) in [6, 6.07) is 15.5. The number of piperazine rings is 1. The maximum absolute atomic E-state index is 12.5. The van der Waals surface area contributed by atoms with Crippen molar-refractivity contribution in [2.24, 2.45) is 0 Å². The molecule has 3 atom stereocenters. The van der Waals surface area contributed by atoms with Crippen LogP contribution < -0.4 is 9.64 Å².